The van der Waals surface area contributed by atoms with Gasteiger partial charge in [-0.3, -0.25) is 4.79 Å². The Kier molecular flexibility index (Phi) is 4.36. The molecule has 1 unspecified atom stereocenters. The molecule has 0 spiro atoms. The number of rotatable bonds is 7. The monoisotopic (exact) mass is 302 g/mol. The van der Waals surface area contributed by atoms with Gasteiger partial charge in [0.15, 0.2) is 5.78 Å². The third kappa shape index (κ3) is 3.93. The molecule has 2 heterocycles. The van der Waals surface area contributed by atoms with E-state index in [4.69, 9.17) is 9.47 Å². The molecule has 1 atom stereocenters. The fraction of sp³-hybridized carbons (Fsp3) is 0.353. The maximum Gasteiger partial charge on any atom is 0.176 e. The van der Waals surface area contributed by atoms with Crippen LogP contribution in [0, 0.1) is 6.92 Å². The summed E-state index contributed by atoms with van der Waals surface area (Å²) in [5.41, 5.74) is 1.19. The van der Waals surface area contributed by atoms with Crippen LogP contribution in [0.5, 0.6) is 5.75 Å². The predicted molar refractivity (Wildman–Crippen MR) is 83.4 cm³/mol. The van der Waals surface area contributed by atoms with E-state index in [2.05, 4.69) is 12.1 Å². The second-order valence-corrected chi connectivity index (χ2v) is 6.48. The summed E-state index contributed by atoms with van der Waals surface area (Å²) in [7, 11) is 0. The minimum absolute atomic E-state index is 0.156. The number of thiophene rings is 1. The number of benzene rings is 1. The SMILES string of the molecule is Cc1cc(OCC2CO2)c(C(=O)CCc2ccccc2)s1. The van der Waals surface area contributed by atoms with E-state index in [-0.39, 0.29) is 11.9 Å². The molecule has 1 saturated heterocycles. The minimum atomic E-state index is 0.156. The molecule has 1 aromatic carbocycles. The van der Waals surface area contributed by atoms with Gasteiger partial charge in [0.1, 0.15) is 23.3 Å². The van der Waals surface area contributed by atoms with Crippen LogP contribution in [0.15, 0.2) is 36.4 Å². The highest BCUT2D eigenvalue weighted by Crippen LogP contribution is 2.31. The highest BCUT2D eigenvalue weighted by Gasteiger charge is 2.25. The molecule has 1 fully saturated rings. The number of epoxide rings is 1. The number of ketones is 1. The van der Waals surface area contributed by atoms with Gasteiger partial charge in [0, 0.05) is 11.3 Å². The van der Waals surface area contributed by atoms with Crippen molar-refractivity contribution in [2.75, 3.05) is 13.2 Å². The molecule has 110 valence electrons. The van der Waals surface area contributed by atoms with E-state index < -0.39 is 0 Å². The van der Waals surface area contributed by atoms with E-state index in [9.17, 15) is 4.79 Å². The van der Waals surface area contributed by atoms with Crippen LogP contribution in [0.2, 0.25) is 0 Å². The highest BCUT2D eigenvalue weighted by molar-refractivity contribution is 7.14. The molecule has 0 bridgehead atoms. The molecule has 3 rings (SSSR count). The fourth-order valence-corrected chi connectivity index (χ4v) is 3.08. The molecule has 21 heavy (non-hydrogen) atoms. The maximum absolute atomic E-state index is 12.4. The second kappa shape index (κ2) is 6.41. The lowest BCUT2D eigenvalue weighted by Crippen LogP contribution is -2.07. The summed E-state index contributed by atoms with van der Waals surface area (Å²) in [6.07, 6.45) is 1.49. The molecule has 0 aliphatic carbocycles. The van der Waals surface area contributed by atoms with Crippen LogP contribution in [0.1, 0.15) is 26.5 Å². The van der Waals surface area contributed by atoms with Gasteiger partial charge in [-0.25, -0.2) is 0 Å². The van der Waals surface area contributed by atoms with Gasteiger partial charge in [-0.05, 0) is 25.0 Å². The van der Waals surface area contributed by atoms with Crippen molar-refractivity contribution >= 4 is 17.1 Å². The first kappa shape index (κ1) is 14.3. The number of aryl methyl sites for hydroxylation is 2. The highest BCUT2D eigenvalue weighted by atomic mass is 32.1. The summed E-state index contributed by atoms with van der Waals surface area (Å²) in [6, 6.07) is 12.0. The van der Waals surface area contributed by atoms with Crippen LogP contribution >= 0.6 is 11.3 Å². The largest absolute Gasteiger partial charge is 0.489 e. The van der Waals surface area contributed by atoms with Gasteiger partial charge in [0.2, 0.25) is 0 Å². The Balaban J connectivity index is 1.62. The van der Waals surface area contributed by atoms with Gasteiger partial charge < -0.3 is 9.47 Å². The first-order chi connectivity index (χ1) is 10.2. The van der Waals surface area contributed by atoms with Crippen molar-refractivity contribution in [3.05, 3.63) is 51.7 Å². The van der Waals surface area contributed by atoms with Crippen LogP contribution in [0.25, 0.3) is 0 Å². The number of Topliss-reactive ketones (excluding diaryl/α,β-unsaturated/α-hetero) is 1. The Bertz CT molecular complexity index is 614. The van der Waals surface area contributed by atoms with Crippen LogP contribution in [-0.4, -0.2) is 25.1 Å². The van der Waals surface area contributed by atoms with Gasteiger partial charge in [-0.2, -0.15) is 0 Å². The zero-order chi connectivity index (χ0) is 14.7. The Hall–Kier alpha value is -1.65. The average molecular weight is 302 g/mol. The van der Waals surface area contributed by atoms with Crippen molar-refractivity contribution < 1.29 is 14.3 Å². The molecule has 1 aromatic heterocycles. The Morgan fingerprint density at radius 3 is 2.86 bits per heavy atom. The number of hydrogen-bond donors (Lipinski definition) is 0. The third-order valence-corrected chi connectivity index (χ3v) is 4.46. The Morgan fingerprint density at radius 1 is 1.38 bits per heavy atom. The van der Waals surface area contributed by atoms with Crippen molar-refractivity contribution in [2.24, 2.45) is 0 Å². The Morgan fingerprint density at radius 2 is 2.14 bits per heavy atom. The van der Waals surface area contributed by atoms with Gasteiger partial charge in [-0.1, -0.05) is 30.3 Å². The minimum Gasteiger partial charge on any atom is -0.489 e. The lowest BCUT2D eigenvalue weighted by Gasteiger charge is -2.05. The van der Waals surface area contributed by atoms with Gasteiger partial charge >= 0.3 is 0 Å². The molecule has 0 amide bonds. The van der Waals surface area contributed by atoms with Crippen molar-refractivity contribution in [2.45, 2.75) is 25.9 Å². The summed E-state index contributed by atoms with van der Waals surface area (Å²) in [6.45, 7) is 3.30. The van der Waals surface area contributed by atoms with Gasteiger partial charge in [0.25, 0.3) is 0 Å². The van der Waals surface area contributed by atoms with Crippen LogP contribution in [0.4, 0.5) is 0 Å². The number of hydrogen-bond acceptors (Lipinski definition) is 4. The van der Waals surface area contributed by atoms with E-state index in [0.29, 0.717) is 18.8 Å². The summed E-state index contributed by atoms with van der Waals surface area (Å²) in [4.78, 5) is 14.3. The Labute approximate surface area is 128 Å². The van der Waals surface area contributed by atoms with Gasteiger partial charge in [-0.15, -0.1) is 11.3 Å². The van der Waals surface area contributed by atoms with E-state index in [1.807, 2.05) is 31.2 Å². The fourth-order valence-electron chi connectivity index (χ4n) is 2.16. The standard InChI is InChI=1S/C17H18O3S/c1-12-9-16(20-11-14-10-19-14)17(21-12)15(18)8-7-13-5-3-2-4-6-13/h2-6,9,14H,7-8,10-11H2,1H3. The lowest BCUT2D eigenvalue weighted by atomic mass is 10.1. The second-order valence-electron chi connectivity index (χ2n) is 5.23. The number of carbonyl (C=O) groups excluding carboxylic acids is 1. The lowest BCUT2D eigenvalue weighted by molar-refractivity contribution is 0.0982. The zero-order valence-corrected chi connectivity index (χ0v) is 12.8. The number of ether oxygens (including phenoxy) is 2. The summed E-state index contributed by atoms with van der Waals surface area (Å²) in [5, 5.41) is 0. The molecule has 0 radical (unpaired) electrons. The summed E-state index contributed by atoms with van der Waals surface area (Å²) < 4.78 is 10.9. The smallest absolute Gasteiger partial charge is 0.176 e. The van der Waals surface area contributed by atoms with E-state index in [0.717, 1.165) is 22.8 Å². The molecule has 0 N–H and O–H groups in total. The molecule has 3 nitrogen and oxygen atoms in total. The normalized spacial score (nSPS) is 16.7. The maximum atomic E-state index is 12.4. The van der Waals surface area contributed by atoms with Crippen molar-refractivity contribution in [1.29, 1.82) is 0 Å². The zero-order valence-electron chi connectivity index (χ0n) is 12.0. The van der Waals surface area contributed by atoms with E-state index in [1.165, 1.54) is 16.9 Å². The quantitative estimate of drug-likeness (QED) is 0.579. The molecular weight excluding hydrogens is 284 g/mol. The summed E-state index contributed by atoms with van der Waals surface area (Å²) in [5.74, 6) is 0.870. The molecule has 0 saturated carbocycles. The van der Waals surface area contributed by atoms with Crippen LogP contribution < -0.4 is 4.74 Å². The molecule has 2 aromatic rings. The average Bonchev–Trinajstić information content (AvgIpc) is 3.25. The molecule has 4 heteroatoms. The van der Waals surface area contributed by atoms with Gasteiger partial charge in [0.05, 0.1) is 6.61 Å². The molecular formula is C17H18O3S. The summed E-state index contributed by atoms with van der Waals surface area (Å²) >= 11 is 1.51. The number of carbonyl (C=O) groups is 1. The first-order valence-corrected chi connectivity index (χ1v) is 7.96. The van der Waals surface area contributed by atoms with Crippen molar-refractivity contribution in [3.8, 4) is 5.75 Å². The topological polar surface area (TPSA) is 38.8 Å². The van der Waals surface area contributed by atoms with Crippen LogP contribution in [-0.2, 0) is 11.2 Å². The first-order valence-electron chi connectivity index (χ1n) is 7.14. The van der Waals surface area contributed by atoms with Crippen molar-refractivity contribution in [1.82, 2.24) is 0 Å². The van der Waals surface area contributed by atoms with E-state index in [1.54, 1.807) is 0 Å². The predicted octanol–water partition coefficient (Wildman–Crippen LogP) is 3.65. The molecule has 1 aliphatic heterocycles. The van der Waals surface area contributed by atoms with Crippen molar-refractivity contribution in [3.63, 3.8) is 0 Å². The van der Waals surface area contributed by atoms with Crippen LogP contribution in [0.3, 0.4) is 0 Å². The van der Waals surface area contributed by atoms with E-state index >= 15 is 0 Å². The third-order valence-electron chi connectivity index (χ3n) is 3.39. The molecule has 1 aliphatic rings.